The summed E-state index contributed by atoms with van der Waals surface area (Å²) in [5, 5.41) is 2.14. The lowest BCUT2D eigenvalue weighted by molar-refractivity contribution is -0.131. The summed E-state index contributed by atoms with van der Waals surface area (Å²) in [4.78, 5) is 13.9. The largest absolute Gasteiger partial charge is 0.380 e. The highest BCUT2D eigenvalue weighted by Crippen LogP contribution is 2.22. The number of carbonyl (C=O) groups excluding carboxylic acids is 1. The molecule has 2 rings (SSSR count). The molecule has 1 aliphatic heterocycles. The molecule has 1 unspecified atom stereocenters. The number of hydrogen-bond donors (Lipinski definition) is 0. The lowest BCUT2D eigenvalue weighted by Gasteiger charge is -2.25. The van der Waals surface area contributed by atoms with E-state index >= 15 is 0 Å². The number of carbonyl (C=O) groups is 1. The summed E-state index contributed by atoms with van der Waals surface area (Å²) in [7, 11) is 2.05. The van der Waals surface area contributed by atoms with Crippen molar-refractivity contribution in [3.05, 3.63) is 20.8 Å². The van der Waals surface area contributed by atoms with E-state index in [-0.39, 0.29) is 5.92 Å². The Balaban J connectivity index is 1.84. The topological polar surface area (TPSA) is 29.5 Å². The Kier molecular flexibility index (Phi) is 4.73. The number of hydrogen-bond acceptors (Lipinski definition) is 4. The first kappa shape index (κ1) is 13.2. The summed E-state index contributed by atoms with van der Waals surface area (Å²) in [6.45, 7) is 2.84. The van der Waals surface area contributed by atoms with Crippen LogP contribution in [0.15, 0.2) is 15.2 Å². The standard InChI is InChI=1S/C12H16BrNO2S/c1-14(5-9-4-12(13)17-8-9)6-10-7-16-3-2-11(10)15/h4,8,10H,2-3,5-7H2,1H3. The van der Waals surface area contributed by atoms with Crippen LogP contribution in [0.5, 0.6) is 0 Å². The first-order chi connectivity index (χ1) is 8.15. The Bertz CT molecular complexity index is 394. The van der Waals surface area contributed by atoms with E-state index < -0.39 is 0 Å². The van der Waals surface area contributed by atoms with Gasteiger partial charge in [0.05, 0.1) is 22.9 Å². The van der Waals surface area contributed by atoms with Crippen LogP contribution in [0.1, 0.15) is 12.0 Å². The smallest absolute Gasteiger partial charge is 0.141 e. The normalized spacial score (nSPS) is 21.1. The molecule has 3 nitrogen and oxygen atoms in total. The van der Waals surface area contributed by atoms with Crippen molar-refractivity contribution < 1.29 is 9.53 Å². The molecule has 2 heterocycles. The third-order valence-corrected chi connectivity index (χ3v) is 4.43. The number of ether oxygens (including phenoxy) is 1. The molecule has 0 aromatic carbocycles. The van der Waals surface area contributed by atoms with Gasteiger partial charge in [-0.3, -0.25) is 4.79 Å². The zero-order chi connectivity index (χ0) is 12.3. The van der Waals surface area contributed by atoms with E-state index in [4.69, 9.17) is 4.74 Å². The number of Topliss-reactive ketones (excluding diaryl/α,β-unsaturated/α-hetero) is 1. The van der Waals surface area contributed by atoms with Crippen LogP contribution in [0.4, 0.5) is 0 Å². The summed E-state index contributed by atoms with van der Waals surface area (Å²) >= 11 is 5.15. The minimum Gasteiger partial charge on any atom is -0.380 e. The van der Waals surface area contributed by atoms with E-state index in [9.17, 15) is 4.79 Å². The van der Waals surface area contributed by atoms with Crippen molar-refractivity contribution in [3.63, 3.8) is 0 Å². The summed E-state index contributed by atoms with van der Waals surface area (Å²) in [6, 6.07) is 2.13. The molecule has 0 amide bonds. The molecule has 0 N–H and O–H groups in total. The van der Waals surface area contributed by atoms with Crippen LogP contribution in [0, 0.1) is 5.92 Å². The van der Waals surface area contributed by atoms with Gasteiger partial charge >= 0.3 is 0 Å². The summed E-state index contributed by atoms with van der Waals surface area (Å²) < 4.78 is 6.51. The molecule has 17 heavy (non-hydrogen) atoms. The predicted octanol–water partition coefficient (Wildman–Crippen LogP) is 2.55. The number of halogens is 1. The number of thiophene rings is 1. The predicted molar refractivity (Wildman–Crippen MR) is 72.3 cm³/mol. The first-order valence-electron chi connectivity index (χ1n) is 5.67. The maximum absolute atomic E-state index is 11.7. The van der Waals surface area contributed by atoms with Crippen LogP contribution in [0.25, 0.3) is 0 Å². The molecule has 1 aromatic rings. The Labute approximate surface area is 114 Å². The van der Waals surface area contributed by atoms with E-state index in [1.807, 2.05) is 7.05 Å². The van der Waals surface area contributed by atoms with E-state index in [2.05, 4.69) is 32.3 Å². The van der Waals surface area contributed by atoms with Crippen molar-refractivity contribution in [2.45, 2.75) is 13.0 Å². The van der Waals surface area contributed by atoms with E-state index in [0.717, 1.165) is 16.9 Å². The van der Waals surface area contributed by atoms with E-state index in [1.54, 1.807) is 11.3 Å². The second-order valence-electron chi connectivity index (χ2n) is 4.44. The van der Waals surface area contributed by atoms with Gasteiger partial charge in [-0.15, -0.1) is 11.3 Å². The van der Waals surface area contributed by atoms with Gasteiger partial charge in [0.2, 0.25) is 0 Å². The van der Waals surface area contributed by atoms with E-state index in [1.165, 1.54) is 5.56 Å². The number of ketones is 1. The van der Waals surface area contributed by atoms with Crippen LogP contribution in [-0.2, 0) is 16.1 Å². The first-order valence-corrected chi connectivity index (χ1v) is 7.34. The molecule has 0 bridgehead atoms. The van der Waals surface area contributed by atoms with Crippen LogP contribution in [-0.4, -0.2) is 37.5 Å². The molecule has 0 radical (unpaired) electrons. The minimum atomic E-state index is 0.0517. The molecule has 0 spiro atoms. The van der Waals surface area contributed by atoms with Crippen LogP contribution < -0.4 is 0 Å². The second-order valence-corrected chi connectivity index (χ2v) is 6.73. The molecule has 1 fully saturated rings. The molecule has 94 valence electrons. The average Bonchev–Trinajstić information content (AvgIpc) is 2.67. The quantitative estimate of drug-likeness (QED) is 0.854. The maximum atomic E-state index is 11.7. The lowest BCUT2D eigenvalue weighted by Crippen LogP contribution is -2.36. The molecule has 1 saturated heterocycles. The van der Waals surface area contributed by atoms with Gasteiger partial charge in [0.1, 0.15) is 5.78 Å². The van der Waals surface area contributed by atoms with Crippen molar-refractivity contribution in [2.24, 2.45) is 5.92 Å². The second kappa shape index (κ2) is 6.09. The fraction of sp³-hybridized carbons (Fsp3) is 0.583. The fourth-order valence-corrected chi connectivity index (χ4v) is 3.23. The summed E-state index contributed by atoms with van der Waals surface area (Å²) in [6.07, 6.45) is 0.572. The Morgan fingerprint density at radius 1 is 1.65 bits per heavy atom. The zero-order valence-electron chi connectivity index (χ0n) is 9.82. The van der Waals surface area contributed by atoms with Crippen LogP contribution in [0.2, 0.25) is 0 Å². The van der Waals surface area contributed by atoms with Gasteiger partial charge in [0.15, 0.2) is 0 Å². The third kappa shape index (κ3) is 3.88. The summed E-state index contributed by atoms with van der Waals surface area (Å²) in [5.74, 6) is 0.394. The van der Waals surface area contributed by atoms with Gasteiger partial charge in [-0.1, -0.05) is 0 Å². The Morgan fingerprint density at radius 3 is 3.12 bits per heavy atom. The monoisotopic (exact) mass is 317 g/mol. The summed E-state index contributed by atoms with van der Waals surface area (Å²) in [5.41, 5.74) is 1.29. The number of nitrogens with zero attached hydrogens (tertiary/aromatic N) is 1. The highest BCUT2D eigenvalue weighted by atomic mass is 79.9. The highest BCUT2D eigenvalue weighted by molar-refractivity contribution is 9.11. The Morgan fingerprint density at radius 2 is 2.47 bits per heavy atom. The average molecular weight is 318 g/mol. The molecule has 0 saturated carbocycles. The van der Waals surface area contributed by atoms with E-state index in [0.29, 0.717) is 25.4 Å². The molecule has 5 heteroatoms. The molecule has 1 aromatic heterocycles. The van der Waals surface area contributed by atoms with Crippen molar-refractivity contribution in [1.29, 1.82) is 0 Å². The van der Waals surface area contributed by atoms with Crippen molar-refractivity contribution in [1.82, 2.24) is 4.90 Å². The van der Waals surface area contributed by atoms with Gasteiger partial charge in [-0.05, 0) is 40.0 Å². The van der Waals surface area contributed by atoms with Crippen molar-refractivity contribution in [3.8, 4) is 0 Å². The molecule has 0 aliphatic carbocycles. The van der Waals surface area contributed by atoms with Gasteiger partial charge in [-0.2, -0.15) is 0 Å². The highest BCUT2D eigenvalue weighted by Gasteiger charge is 2.24. The van der Waals surface area contributed by atoms with Crippen LogP contribution >= 0.6 is 27.3 Å². The molecular formula is C12H16BrNO2S. The van der Waals surface area contributed by atoms with Gasteiger partial charge in [0.25, 0.3) is 0 Å². The van der Waals surface area contributed by atoms with Gasteiger partial charge in [0, 0.05) is 19.5 Å². The Hall–Kier alpha value is -0.230. The number of rotatable bonds is 4. The SMILES string of the molecule is CN(Cc1csc(Br)c1)CC1COCCC1=O. The van der Waals surface area contributed by atoms with Crippen molar-refractivity contribution in [2.75, 3.05) is 26.8 Å². The third-order valence-electron chi connectivity index (χ3n) is 2.87. The lowest BCUT2D eigenvalue weighted by atomic mass is 10.00. The fourth-order valence-electron chi connectivity index (χ4n) is 2.03. The molecule has 1 aliphatic rings. The molecular weight excluding hydrogens is 302 g/mol. The maximum Gasteiger partial charge on any atom is 0.141 e. The zero-order valence-corrected chi connectivity index (χ0v) is 12.2. The van der Waals surface area contributed by atoms with Gasteiger partial charge < -0.3 is 9.64 Å². The molecule has 1 atom stereocenters. The minimum absolute atomic E-state index is 0.0517. The van der Waals surface area contributed by atoms with Crippen molar-refractivity contribution >= 4 is 33.0 Å². The van der Waals surface area contributed by atoms with Crippen LogP contribution in [0.3, 0.4) is 0 Å². The van der Waals surface area contributed by atoms with Gasteiger partial charge in [-0.25, -0.2) is 0 Å².